The predicted molar refractivity (Wildman–Crippen MR) is 117 cm³/mol. The number of hydrogen-bond donors (Lipinski definition) is 1. The lowest BCUT2D eigenvalue weighted by molar-refractivity contribution is -0.142. The fourth-order valence-electron chi connectivity index (χ4n) is 2.65. The molecule has 9 nitrogen and oxygen atoms in total. The first kappa shape index (κ1) is 24.3. The zero-order valence-electron chi connectivity index (χ0n) is 18.3. The fourth-order valence-corrected chi connectivity index (χ4v) is 2.65. The van der Waals surface area contributed by atoms with Crippen LogP contribution in [-0.2, 0) is 19.1 Å². The lowest BCUT2D eigenvalue weighted by Crippen LogP contribution is -2.20. The van der Waals surface area contributed by atoms with Crippen molar-refractivity contribution < 1.29 is 38.1 Å². The molecule has 0 spiro atoms. The largest absolute Gasteiger partial charge is 0.493 e. The highest BCUT2D eigenvalue weighted by Gasteiger charge is 2.13. The van der Waals surface area contributed by atoms with Gasteiger partial charge in [-0.2, -0.15) is 0 Å². The Balaban J connectivity index is 1.90. The van der Waals surface area contributed by atoms with E-state index in [-0.39, 0.29) is 6.61 Å². The van der Waals surface area contributed by atoms with Crippen LogP contribution < -0.4 is 19.5 Å². The Morgan fingerprint density at radius 1 is 0.906 bits per heavy atom. The third kappa shape index (κ3) is 6.76. The molecule has 32 heavy (non-hydrogen) atoms. The van der Waals surface area contributed by atoms with Gasteiger partial charge >= 0.3 is 11.9 Å². The summed E-state index contributed by atoms with van der Waals surface area (Å²) in [7, 11) is 4.47. The Labute approximate surface area is 185 Å². The minimum Gasteiger partial charge on any atom is -0.493 e. The van der Waals surface area contributed by atoms with Gasteiger partial charge in [0.1, 0.15) is 0 Å². The van der Waals surface area contributed by atoms with Gasteiger partial charge in [0.15, 0.2) is 18.1 Å². The van der Waals surface area contributed by atoms with E-state index in [0.29, 0.717) is 34.1 Å². The molecular formula is C23H25NO8. The van der Waals surface area contributed by atoms with Crippen LogP contribution in [0.25, 0.3) is 6.08 Å². The Hall–Kier alpha value is -4.01. The second-order valence-corrected chi connectivity index (χ2v) is 6.25. The lowest BCUT2D eigenvalue weighted by Gasteiger charge is -2.12. The third-order valence-corrected chi connectivity index (χ3v) is 4.12. The summed E-state index contributed by atoms with van der Waals surface area (Å²) >= 11 is 0. The summed E-state index contributed by atoms with van der Waals surface area (Å²) in [6.45, 7) is 1.52. The van der Waals surface area contributed by atoms with Crippen LogP contribution in [0, 0.1) is 0 Å². The zero-order valence-corrected chi connectivity index (χ0v) is 18.3. The van der Waals surface area contributed by atoms with E-state index in [9.17, 15) is 14.4 Å². The van der Waals surface area contributed by atoms with Crippen LogP contribution in [0.2, 0.25) is 0 Å². The number of amides is 1. The molecule has 170 valence electrons. The summed E-state index contributed by atoms with van der Waals surface area (Å²) in [5.41, 5.74) is 1.43. The van der Waals surface area contributed by atoms with Gasteiger partial charge in [0, 0.05) is 11.8 Å². The van der Waals surface area contributed by atoms with Gasteiger partial charge in [0.05, 0.1) is 33.5 Å². The Morgan fingerprint density at radius 3 is 2.06 bits per heavy atom. The molecule has 0 unspecified atom stereocenters. The summed E-state index contributed by atoms with van der Waals surface area (Å²) in [6, 6.07) is 9.49. The highest BCUT2D eigenvalue weighted by Crippen LogP contribution is 2.38. The van der Waals surface area contributed by atoms with Crippen molar-refractivity contribution in [1.29, 1.82) is 0 Å². The molecular weight excluding hydrogens is 418 g/mol. The summed E-state index contributed by atoms with van der Waals surface area (Å²) in [6.07, 6.45) is 2.68. The number of ether oxygens (including phenoxy) is 5. The van der Waals surface area contributed by atoms with E-state index in [1.807, 2.05) is 0 Å². The number of carbonyl (C=O) groups is 3. The molecule has 0 aliphatic heterocycles. The monoisotopic (exact) mass is 443 g/mol. The van der Waals surface area contributed by atoms with Gasteiger partial charge in [-0.25, -0.2) is 9.59 Å². The van der Waals surface area contributed by atoms with Crippen molar-refractivity contribution in [1.82, 2.24) is 0 Å². The maximum Gasteiger partial charge on any atom is 0.338 e. The summed E-state index contributed by atoms with van der Waals surface area (Å²) in [5, 5.41) is 2.57. The normalized spacial score (nSPS) is 10.4. The van der Waals surface area contributed by atoms with Gasteiger partial charge in [0.25, 0.3) is 5.91 Å². The minimum absolute atomic E-state index is 0.274. The Kier molecular flexibility index (Phi) is 9.09. The molecule has 1 N–H and O–H groups in total. The van der Waals surface area contributed by atoms with Gasteiger partial charge in [-0.1, -0.05) is 0 Å². The highest BCUT2D eigenvalue weighted by atomic mass is 16.5. The van der Waals surface area contributed by atoms with E-state index in [1.165, 1.54) is 45.6 Å². The first-order valence-corrected chi connectivity index (χ1v) is 9.63. The topological polar surface area (TPSA) is 109 Å². The fraction of sp³-hybridized carbons (Fsp3) is 0.261. The molecule has 0 saturated carbocycles. The average molecular weight is 443 g/mol. The number of methoxy groups -OCH3 is 3. The standard InChI is InChI=1S/C23H25NO8/c1-5-31-23(27)16-7-9-17(10-8-16)24-20(25)14-32-21(26)11-6-15-12-18(28-2)22(30-4)19(13-15)29-3/h6-13H,5,14H2,1-4H3,(H,24,25)/b11-6+. The highest BCUT2D eigenvalue weighted by molar-refractivity contribution is 5.95. The number of anilines is 1. The van der Waals surface area contributed by atoms with E-state index in [1.54, 1.807) is 31.2 Å². The number of carbonyl (C=O) groups excluding carboxylic acids is 3. The molecule has 0 aromatic heterocycles. The minimum atomic E-state index is -0.702. The van der Waals surface area contributed by atoms with Crippen LogP contribution in [0.4, 0.5) is 5.69 Å². The quantitative estimate of drug-likeness (QED) is 0.441. The van der Waals surface area contributed by atoms with E-state index >= 15 is 0 Å². The molecule has 2 rings (SSSR count). The zero-order chi connectivity index (χ0) is 23.5. The molecule has 1 amide bonds. The van der Waals surface area contributed by atoms with Crippen LogP contribution in [0.5, 0.6) is 17.2 Å². The molecule has 9 heteroatoms. The third-order valence-electron chi connectivity index (χ3n) is 4.12. The predicted octanol–water partition coefficient (Wildman–Crippen LogP) is 3.08. The van der Waals surface area contributed by atoms with E-state index < -0.39 is 24.5 Å². The lowest BCUT2D eigenvalue weighted by atomic mass is 10.1. The number of benzene rings is 2. The summed E-state index contributed by atoms with van der Waals surface area (Å²) in [4.78, 5) is 35.6. The smallest absolute Gasteiger partial charge is 0.338 e. The van der Waals surface area contributed by atoms with E-state index in [2.05, 4.69) is 5.32 Å². The Bertz CT molecular complexity index is 957. The van der Waals surface area contributed by atoms with Crippen molar-refractivity contribution in [2.75, 3.05) is 39.9 Å². The molecule has 2 aromatic carbocycles. The second kappa shape index (κ2) is 12.0. The second-order valence-electron chi connectivity index (χ2n) is 6.25. The maximum absolute atomic E-state index is 12.0. The number of nitrogens with one attached hydrogen (secondary N) is 1. The SMILES string of the molecule is CCOC(=O)c1ccc(NC(=O)COC(=O)/C=C/c2cc(OC)c(OC)c(OC)c2)cc1. The summed E-state index contributed by atoms with van der Waals surface area (Å²) < 4.78 is 25.6. The van der Waals surface area contributed by atoms with Crippen molar-refractivity contribution in [2.24, 2.45) is 0 Å². The molecule has 0 atom stereocenters. The summed E-state index contributed by atoms with van der Waals surface area (Å²) in [5.74, 6) is -0.365. The number of esters is 2. The molecule has 0 bridgehead atoms. The van der Waals surface area contributed by atoms with Crippen molar-refractivity contribution in [3.8, 4) is 17.2 Å². The van der Waals surface area contributed by atoms with Crippen LogP contribution in [0.15, 0.2) is 42.5 Å². The average Bonchev–Trinajstić information content (AvgIpc) is 2.81. The molecule has 0 aliphatic rings. The first-order valence-electron chi connectivity index (χ1n) is 9.63. The Morgan fingerprint density at radius 2 is 1.53 bits per heavy atom. The first-order chi connectivity index (χ1) is 15.4. The van der Waals surface area contributed by atoms with Gasteiger partial charge in [-0.15, -0.1) is 0 Å². The molecule has 0 saturated heterocycles. The van der Waals surface area contributed by atoms with Crippen LogP contribution >= 0.6 is 0 Å². The van der Waals surface area contributed by atoms with Crippen LogP contribution in [0.3, 0.4) is 0 Å². The number of rotatable bonds is 10. The van der Waals surface area contributed by atoms with Crippen molar-refractivity contribution in [2.45, 2.75) is 6.92 Å². The molecule has 0 aliphatic carbocycles. The molecule has 2 aromatic rings. The van der Waals surface area contributed by atoms with Crippen molar-refractivity contribution in [3.63, 3.8) is 0 Å². The van der Waals surface area contributed by atoms with Crippen molar-refractivity contribution in [3.05, 3.63) is 53.6 Å². The van der Waals surface area contributed by atoms with E-state index in [0.717, 1.165) is 0 Å². The maximum atomic E-state index is 12.0. The van der Waals surface area contributed by atoms with Gasteiger partial charge in [0.2, 0.25) is 5.75 Å². The van der Waals surface area contributed by atoms with Gasteiger partial charge in [-0.3, -0.25) is 4.79 Å². The number of hydrogen-bond acceptors (Lipinski definition) is 8. The molecule has 0 fully saturated rings. The van der Waals surface area contributed by atoms with Crippen molar-refractivity contribution >= 4 is 29.6 Å². The molecule has 0 radical (unpaired) electrons. The molecule has 0 heterocycles. The van der Waals surface area contributed by atoms with E-state index in [4.69, 9.17) is 23.7 Å². The van der Waals surface area contributed by atoms with Crippen LogP contribution in [-0.4, -0.2) is 52.4 Å². The van der Waals surface area contributed by atoms with Gasteiger partial charge < -0.3 is 29.0 Å². The van der Waals surface area contributed by atoms with Crippen LogP contribution in [0.1, 0.15) is 22.8 Å². The van der Waals surface area contributed by atoms with Gasteiger partial charge in [-0.05, 0) is 55.0 Å².